The Morgan fingerprint density at radius 3 is 2.79 bits per heavy atom. The van der Waals surface area contributed by atoms with E-state index in [-0.39, 0.29) is 11.9 Å². The molecule has 0 aliphatic heterocycles. The van der Waals surface area contributed by atoms with E-state index in [2.05, 4.69) is 27.2 Å². The van der Waals surface area contributed by atoms with E-state index in [0.717, 1.165) is 22.8 Å². The number of amides is 1. The van der Waals surface area contributed by atoms with Gasteiger partial charge in [0.1, 0.15) is 5.69 Å². The predicted molar refractivity (Wildman–Crippen MR) is 74.1 cm³/mol. The van der Waals surface area contributed by atoms with E-state index in [1.807, 2.05) is 19.2 Å². The highest BCUT2D eigenvalue weighted by Gasteiger charge is 2.15. The van der Waals surface area contributed by atoms with Crippen molar-refractivity contribution in [2.24, 2.45) is 0 Å². The van der Waals surface area contributed by atoms with Crippen molar-refractivity contribution in [1.29, 1.82) is 0 Å². The monoisotopic (exact) mass is 276 g/mol. The third kappa shape index (κ3) is 3.35. The van der Waals surface area contributed by atoms with Gasteiger partial charge in [-0.1, -0.05) is 6.92 Å². The molecule has 100 valence electrons. The molecule has 0 bridgehead atoms. The summed E-state index contributed by atoms with van der Waals surface area (Å²) in [4.78, 5) is 24.5. The SMILES string of the molecule is CCc1nc(C(C)NC(=O)c2cnc(C)cn2)cs1. The van der Waals surface area contributed by atoms with Crippen LogP contribution in [0.5, 0.6) is 0 Å². The van der Waals surface area contributed by atoms with E-state index in [1.165, 1.54) is 6.20 Å². The molecule has 19 heavy (non-hydrogen) atoms. The van der Waals surface area contributed by atoms with Crippen LogP contribution in [0.25, 0.3) is 0 Å². The molecule has 0 aromatic carbocycles. The maximum Gasteiger partial charge on any atom is 0.272 e. The van der Waals surface area contributed by atoms with Crippen LogP contribution in [0.1, 0.15) is 46.8 Å². The lowest BCUT2D eigenvalue weighted by Crippen LogP contribution is -2.27. The molecule has 5 nitrogen and oxygen atoms in total. The van der Waals surface area contributed by atoms with Crippen LogP contribution < -0.4 is 5.32 Å². The molecule has 0 spiro atoms. The summed E-state index contributed by atoms with van der Waals surface area (Å²) in [5.74, 6) is -0.231. The van der Waals surface area contributed by atoms with Gasteiger partial charge in [0.25, 0.3) is 5.91 Å². The highest BCUT2D eigenvalue weighted by Crippen LogP contribution is 2.17. The van der Waals surface area contributed by atoms with Crippen molar-refractivity contribution in [3.05, 3.63) is 39.9 Å². The number of carbonyl (C=O) groups excluding carboxylic acids is 1. The molecule has 1 atom stereocenters. The van der Waals surface area contributed by atoms with Crippen LogP contribution in [0.15, 0.2) is 17.8 Å². The number of nitrogens with one attached hydrogen (secondary N) is 1. The first-order valence-corrected chi connectivity index (χ1v) is 7.02. The summed E-state index contributed by atoms with van der Waals surface area (Å²) in [7, 11) is 0. The predicted octanol–water partition coefficient (Wildman–Crippen LogP) is 2.29. The van der Waals surface area contributed by atoms with E-state index >= 15 is 0 Å². The van der Waals surface area contributed by atoms with Gasteiger partial charge in [0.05, 0.1) is 28.6 Å². The van der Waals surface area contributed by atoms with E-state index in [0.29, 0.717) is 5.69 Å². The minimum absolute atomic E-state index is 0.132. The maximum atomic E-state index is 12.0. The van der Waals surface area contributed by atoms with Gasteiger partial charge in [-0.25, -0.2) is 9.97 Å². The zero-order valence-corrected chi connectivity index (χ0v) is 12.0. The Balaban J connectivity index is 2.04. The minimum atomic E-state index is -0.231. The average Bonchev–Trinajstić information content (AvgIpc) is 2.88. The number of thiazole rings is 1. The van der Waals surface area contributed by atoms with Crippen molar-refractivity contribution < 1.29 is 4.79 Å². The topological polar surface area (TPSA) is 67.8 Å². The van der Waals surface area contributed by atoms with Crippen molar-refractivity contribution in [3.63, 3.8) is 0 Å². The minimum Gasteiger partial charge on any atom is -0.343 e. The van der Waals surface area contributed by atoms with Crippen molar-refractivity contribution in [1.82, 2.24) is 20.3 Å². The summed E-state index contributed by atoms with van der Waals surface area (Å²) < 4.78 is 0. The first kappa shape index (κ1) is 13.6. The molecule has 2 aromatic heterocycles. The Morgan fingerprint density at radius 2 is 2.21 bits per heavy atom. The smallest absolute Gasteiger partial charge is 0.272 e. The third-order valence-corrected chi connectivity index (χ3v) is 3.69. The molecular formula is C13H16N4OS. The van der Waals surface area contributed by atoms with Gasteiger partial charge in [0.2, 0.25) is 0 Å². The number of carbonyl (C=O) groups is 1. The summed E-state index contributed by atoms with van der Waals surface area (Å²) in [5.41, 5.74) is 2.00. The van der Waals surface area contributed by atoms with Crippen LogP contribution in [0.4, 0.5) is 0 Å². The number of rotatable bonds is 4. The molecule has 6 heteroatoms. The Kier molecular flexibility index (Phi) is 4.21. The third-order valence-electron chi connectivity index (χ3n) is 2.68. The van der Waals surface area contributed by atoms with Crippen LogP contribution in [-0.4, -0.2) is 20.9 Å². The number of hydrogen-bond donors (Lipinski definition) is 1. The first-order chi connectivity index (χ1) is 9.10. The fourth-order valence-electron chi connectivity index (χ4n) is 1.54. The van der Waals surface area contributed by atoms with E-state index in [9.17, 15) is 4.79 Å². The standard InChI is InChI=1S/C13H16N4OS/c1-4-12-17-11(7-19-12)9(3)16-13(18)10-6-14-8(2)5-15-10/h5-7,9H,4H2,1-3H3,(H,16,18). The van der Waals surface area contributed by atoms with Gasteiger partial charge in [-0.2, -0.15) is 0 Å². The molecule has 2 aromatic rings. The number of hydrogen-bond acceptors (Lipinski definition) is 5. The van der Waals surface area contributed by atoms with Gasteiger partial charge in [-0.3, -0.25) is 9.78 Å². The van der Waals surface area contributed by atoms with Gasteiger partial charge < -0.3 is 5.32 Å². The van der Waals surface area contributed by atoms with E-state index < -0.39 is 0 Å². The lowest BCUT2D eigenvalue weighted by atomic mass is 10.2. The Bertz CT molecular complexity index is 564. The second-order valence-electron chi connectivity index (χ2n) is 4.26. The molecule has 0 radical (unpaired) electrons. The molecule has 1 N–H and O–H groups in total. The summed E-state index contributed by atoms with van der Waals surface area (Å²) >= 11 is 1.61. The summed E-state index contributed by atoms with van der Waals surface area (Å²) in [6.45, 7) is 5.81. The second-order valence-corrected chi connectivity index (χ2v) is 5.20. The van der Waals surface area contributed by atoms with Crippen LogP contribution in [0.3, 0.4) is 0 Å². The largest absolute Gasteiger partial charge is 0.343 e. The highest BCUT2D eigenvalue weighted by molar-refractivity contribution is 7.09. The number of aromatic nitrogens is 3. The lowest BCUT2D eigenvalue weighted by molar-refractivity contribution is 0.0933. The molecule has 0 aliphatic carbocycles. The zero-order chi connectivity index (χ0) is 13.8. The van der Waals surface area contributed by atoms with Crippen molar-refractivity contribution in [2.75, 3.05) is 0 Å². The van der Waals surface area contributed by atoms with E-state index in [4.69, 9.17) is 0 Å². The second kappa shape index (κ2) is 5.88. The summed E-state index contributed by atoms with van der Waals surface area (Å²) in [5, 5.41) is 5.92. The van der Waals surface area contributed by atoms with Crippen LogP contribution >= 0.6 is 11.3 Å². The fraction of sp³-hybridized carbons (Fsp3) is 0.385. The van der Waals surface area contributed by atoms with Crippen LogP contribution in [-0.2, 0) is 6.42 Å². The van der Waals surface area contributed by atoms with Gasteiger partial charge in [-0.15, -0.1) is 11.3 Å². The fourth-order valence-corrected chi connectivity index (χ4v) is 2.38. The lowest BCUT2D eigenvalue weighted by Gasteiger charge is -2.10. The molecular weight excluding hydrogens is 260 g/mol. The highest BCUT2D eigenvalue weighted by atomic mass is 32.1. The Morgan fingerprint density at radius 1 is 1.42 bits per heavy atom. The Hall–Kier alpha value is -1.82. The molecule has 1 unspecified atom stereocenters. The number of nitrogens with zero attached hydrogens (tertiary/aromatic N) is 3. The van der Waals surface area contributed by atoms with Crippen molar-refractivity contribution in [2.45, 2.75) is 33.2 Å². The van der Waals surface area contributed by atoms with Crippen molar-refractivity contribution in [3.8, 4) is 0 Å². The van der Waals surface area contributed by atoms with E-state index in [1.54, 1.807) is 17.5 Å². The van der Waals surface area contributed by atoms with Gasteiger partial charge in [-0.05, 0) is 20.3 Å². The Labute approximate surface area is 116 Å². The van der Waals surface area contributed by atoms with Gasteiger partial charge in [0.15, 0.2) is 0 Å². The first-order valence-electron chi connectivity index (χ1n) is 6.14. The molecule has 1 amide bonds. The summed E-state index contributed by atoms with van der Waals surface area (Å²) in [6.07, 6.45) is 3.97. The normalized spacial score (nSPS) is 12.2. The molecule has 2 rings (SSSR count). The molecule has 0 saturated carbocycles. The molecule has 0 aliphatic rings. The molecule has 2 heterocycles. The van der Waals surface area contributed by atoms with Crippen LogP contribution in [0.2, 0.25) is 0 Å². The molecule has 0 saturated heterocycles. The molecule has 0 fully saturated rings. The van der Waals surface area contributed by atoms with Crippen molar-refractivity contribution >= 4 is 17.2 Å². The van der Waals surface area contributed by atoms with Gasteiger partial charge >= 0.3 is 0 Å². The zero-order valence-electron chi connectivity index (χ0n) is 11.2. The maximum absolute atomic E-state index is 12.0. The number of aryl methyl sites for hydroxylation is 2. The summed E-state index contributed by atoms with van der Waals surface area (Å²) in [6, 6.07) is -0.132. The van der Waals surface area contributed by atoms with Gasteiger partial charge in [0, 0.05) is 11.6 Å². The quantitative estimate of drug-likeness (QED) is 0.930. The average molecular weight is 276 g/mol. The van der Waals surface area contributed by atoms with Crippen LogP contribution in [0, 0.1) is 6.92 Å².